The van der Waals surface area contributed by atoms with Crippen LogP contribution in [0.1, 0.15) is 77.6 Å². The Labute approximate surface area is 130 Å². The fourth-order valence-corrected chi connectivity index (χ4v) is 5.39. The van der Waals surface area contributed by atoms with Crippen LogP contribution in [0, 0.1) is 11.8 Å². The lowest BCUT2D eigenvalue weighted by Crippen LogP contribution is -2.45. The molecule has 1 N–H and O–H groups in total. The third-order valence-corrected chi connectivity index (χ3v) is 7.58. The maximum atomic E-state index is 11.6. The lowest BCUT2D eigenvalue weighted by molar-refractivity contribution is -0.0830. The minimum Gasteiger partial charge on any atom is -0.390 e. The Hall–Kier alpha value is -0.0900. The van der Waals surface area contributed by atoms with Crippen LogP contribution in [0.15, 0.2) is 0 Å². The molecular formula is C17H32O3S. The van der Waals surface area contributed by atoms with Crippen LogP contribution in [0.5, 0.6) is 0 Å². The summed E-state index contributed by atoms with van der Waals surface area (Å²) in [6.45, 7) is 1.70. The standard InChI is InChI=1S/C17H32O3S/c1-2-21(19,20)14-8-13-17(18)12-7-6-11-16(17)15-9-4-3-5-10-15/h15-16,18H,2-14H2,1H3. The highest BCUT2D eigenvalue weighted by Crippen LogP contribution is 2.45. The Kier molecular flexibility index (Phi) is 6.13. The van der Waals surface area contributed by atoms with E-state index in [0.29, 0.717) is 24.7 Å². The molecule has 2 aliphatic carbocycles. The molecule has 0 heterocycles. The maximum Gasteiger partial charge on any atom is 0.150 e. The molecule has 2 fully saturated rings. The predicted octanol–water partition coefficient (Wildman–Crippen LogP) is 3.70. The third kappa shape index (κ3) is 4.69. The first-order valence-electron chi connectivity index (χ1n) is 8.90. The summed E-state index contributed by atoms with van der Waals surface area (Å²) < 4.78 is 23.3. The van der Waals surface area contributed by atoms with Crippen molar-refractivity contribution in [2.75, 3.05) is 11.5 Å². The summed E-state index contributed by atoms with van der Waals surface area (Å²) >= 11 is 0. The Morgan fingerprint density at radius 2 is 1.71 bits per heavy atom. The van der Waals surface area contributed by atoms with Gasteiger partial charge in [0, 0.05) is 5.75 Å². The summed E-state index contributed by atoms with van der Waals surface area (Å²) in [5.74, 6) is 1.54. The average molecular weight is 317 g/mol. The van der Waals surface area contributed by atoms with Crippen molar-refractivity contribution in [2.45, 2.75) is 83.2 Å². The fraction of sp³-hybridized carbons (Fsp3) is 1.00. The van der Waals surface area contributed by atoms with Crippen molar-refractivity contribution in [3.05, 3.63) is 0 Å². The van der Waals surface area contributed by atoms with Gasteiger partial charge in [0.1, 0.15) is 9.84 Å². The molecule has 2 unspecified atom stereocenters. The van der Waals surface area contributed by atoms with Gasteiger partial charge in [0.05, 0.1) is 11.4 Å². The van der Waals surface area contributed by atoms with Gasteiger partial charge in [-0.2, -0.15) is 0 Å². The van der Waals surface area contributed by atoms with E-state index >= 15 is 0 Å². The average Bonchev–Trinajstić information content (AvgIpc) is 2.48. The molecule has 0 radical (unpaired) electrons. The molecule has 0 saturated heterocycles. The van der Waals surface area contributed by atoms with Gasteiger partial charge in [0.15, 0.2) is 0 Å². The van der Waals surface area contributed by atoms with E-state index in [4.69, 9.17) is 0 Å². The van der Waals surface area contributed by atoms with E-state index < -0.39 is 15.4 Å². The van der Waals surface area contributed by atoms with Gasteiger partial charge in [-0.05, 0) is 37.5 Å². The Balaban J connectivity index is 1.95. The summed E-state index contributed by atoms with van der Waals surface area (Å²) in [6, 6.07) is 0. The highest BCUT2D eigenvalue weighted by atomic mass is 32.2. The van der Waals surface area contributed by atoms with Crippen molar-refractivity contribution in [3.8, 4) is 0 Å². The van der Waals surface area contributed by atoms with E-state index in [9.17, 15) is 13.5 Å². The lowest BCUT2D eigenvalue weighted by atomic mass is 9.64. The largest absolute Gasteiger partial charge is 0.390 e. The normalized spacial score (nSPS) is 32.2. The summed E-state index contributed by atoms with van der Waals surface area (Å²) in [6.07, 6.45) is 12.1. The van der Waals surface area contributed by atoms with Crippen molar-refractivity contribution in [1.82, 2.24) is 0 Å². The highest BCUT2D eigenvalue weighted by Gasteiger charge is 2.42. The maximum absolute atomic E-state index is 11.6. The molecule has 2 saturated carbocycles. The summed E-state index contributed by atoms with van der Waals surface area (Å²) in [4.78, 5) is 0. The zero-order chi connectivity index (χ0) is 15.3. The molecule has 124 valence electrons. The Bertz CT molecular complexity index is 412. The smallest absolute Gasteiger partial charge is 0.150 e. The number of aliphatic hydroxyl groups is 1. The van der Waals surface area contributed by atoms with E-state index in [2.05, 4.69) is 0 Å². The van der Waals surface area contributed by atoms with Crippen molar-refractivity contribution in [3.63, 3.8) is 0 Å². The van der Waals surface area contributed by atoms with Crippen LogP contribution >= 0.6 is 0 Å². The second-order valence-corrected chi connectivity index (χ2v) is 9.67. The molecule has 2 rings (SSSR count). The van der Waals surface area contributed by atoms with Crippen LogP contribution in [0.2, 0.25) is 0 Å². The van der Waals surface area contributed by atoms with Crippen molar-refractivity contribution in [2.24, 2.45) is 11.8 Å². The van der Waals surface area contributed by atoms with Gasteiger partial charge in [-0.25, -0.2) is 8.42 Å². The van der Waals surface area contributed by atoms with E-state index in [1.54, 1.807) is 6.92 Å². The fourth-order valence-electron chi connectivity index (χ4n) is 4.51. The van der Waals surface area contributed by atoms with Crippen LogP contribution in [0.25, 0.3) is 0 Å². The third-order valence-electron chi connectivity index (χ3n) is 5.79. The second-order valence-electron chi connectivity index (χ2n) is 7.19. The summed E-state index contributed by atoms with van der Waals surface area (Å²) in [7, 11) is -2.90. The van der Waals surface area contributed by atoms with Crippen molar-refractivity contribution in [1.29, 1.82) is 0 Å². The summed E-state index contributed by atoms with van der Waals surface area (Å²) in [5, 5.41) is 11.2. The molecule has 0 amide bonds. The predicted molar refractivity (Wildman–Crippen MR) is 87.0 cm³/mol. The second kappa shape index (κ2) is 7.45. The van der Waals surface area contributed by atoms with Crippen LogP contribution < -0.4 is 0 Å². The molecule has 3 nitrogen and oxygen atoms in total. The van der Waals surface area contributed by atoms with Gasteiger partial charge in [-0.1, -0.05) is 51.9 Å². The molecule has 2 atom stereocenters. The van der Waals surface area contributed by atoms with Gasteiger partial charge in [-0.15, -0.1) is 0 Å². The molecule has 0 bridgehead atoms. The first-order valence-corrected chi connectivity index (χ1v) is 10.7. The number of hydrogen-bond acceptors (Lipinski definition) is 3. The highest BCUT2D eigenvalue weighted by molar-refractivity contribution is 7.91. The van der Waals surface area contributed by atoms with Crippen LogP contribution in [-0.2, 0) is 9.84 Å². The molecule has 0 aliphatic heterocycles. The van der Waals surface area contributed by atoms with Gasteiger partial charge in [0.2, 0.25) is 0 Å². The number of sulfone groups is 1. The molecule has 4 heteroatoms. The van der Waals surface area contributed by atoms with E-state index in [1.165, 1.54) is 38.5 Å². The van der Waals surface area contributed by atoms with E-state index in [1.807, 2.05) is 0 Å². The van der Waals surface area contributed by atoms with E-state index in [0.717, 1.165) is 19.3 Å². The van der Waals surface area contributed by atoms with Crippen LogP contribution in [0.4, 0.5) is 0 Å². The van der Waals surface area contributed by atoms with Gasteiger partial charge in [-0.3, -0.25) is 0 Å². The van der Waals surface area contributed by atoms with Crippen LogP contribution in [-0.4, -0.2) is 30.6 Å². The first kappa shape index (κ1) is 17.3. The summed E-state index contributed by atoms with van der Waals surface area (Å²) in [5.41, 5.74) is -0.594. The SMILES string of the molecule is CCS(=O)(=O)CCCC1(O)CCCCC1C1CCCCC1. The zero-order valence-corrected chi connectivity index (χ0v) is 14.3. The Morgan fingerprint density at radius 3 is 2.38 bits per heavy atom. The molecule has 0 aromatic heterocycles. The topological polar surface area (TPSA) is 54.4 Å². The van der Waals surface area contributed by atoms with Crippen molar-refractivity contribution < 1.29 is 13.5 Å². The first-order chi connectivity index (χ1) is 9.97. The molecular weight excluding hydrogens is 284 g/mol. The monoisotopic (exact) mass is 316 g/mol. The molecule has 0 aromatic rings. The number of hydrogen-bond donors (Lipinski definition) is 1. The van der Waals surface area contributed by atoms with Gasteiger partial charge in [0.25, 0.3) is 0 Å². The molecule has 2 aliphatic rings. The molecule has 21 heavy (non-hydrogen) atoms. The van der Waals surface area contributed by atoms with E-state index in [-0.39, 0.29) is 11.5 Å². The molecule has 0 spiro atoms. The zero-order valence-electron chi connectivity index (χ0n) is 13.5. The minimum atomic E-state index is -2.90. The Morgan fingerprint density at radius 1 is 1.05 bits per heavy atom. The quantitative estimate of drug-likeness (QED) is 0.813. The molecule has 0 aromatic carbocycles. The van der Waals surface area contributed by atoms with Crippen LogP contribution in [0.3, 0.4) is 0 Å². The van der Waals surface area contributed by atoms with Crippen molar-refractivity contribution >= 4 is 9.84 Å². The number of rotatable bonds is 6. The van der Waals surface area contributed by atoms with Gasteiger partial charge < -0.3 is 5.11 Å². The van der Waals surface area contributed by atoms with Gasteiger partial charge >= 0.3 is 0 Å². The minimum absolute atomic E-state index is 0.220. The lowest BCUT2D eigenvalue weighted by Gasteiger charge is -2.45.